The molecule has 0 atom stereocenters. The van der Waals surface area contributed by atoms with Crippen molar-refractivity contribution in [2.24, 2.45) is 5.92 Å². The van der Waals surface area contributed by atoms with Gasteiger partial charge in [0.25, 0.3) is 0 Å². The molecule has 28 heavy (non-hydrogen) atoms. The molecule has 0 unspecified atom stereocenters. The van der Waals surface area contributed by atoms with Crippen LogP contribution in [0.1, 0.15) is 29.9 Å². The second-order valence-electron chi connectivity index (χ2n) is 7.83. The summed E-state index contributed by atoms with van der Waals surface area (Å²) in [5.41, 5.74) is 2.95. The number of hydrogen-bond donors (Lipinski definition) is 1. The van der Waals surface area contributed by atoms with Crippen LogP contribution in [0, 0.1) is 19.8 Å². The Morgan fingerprint density at radius 3 is 2.46 bits per heavy atom. The van der Waals surface area contributed by atoms with Crippen molar-refractivity contribution in [1.29, 1.82) is 0 Å². The third-order valence-electron chi connectivity index (χ3n) is 5.09. The Labute approximate surface area is 167 Å². The first-order valence-corrected chi connectivity index (χ1v) is 9.87. The molecule has 1 amide bonds. The van der Waals surface area contributed by atoms with Crippen LogP contribution in [0.4, 0.5) is 11.8 Å². The van der Waals surface area contributed by atoms with Gasteiger partial charge in [0, 0.05) is 31.2 Å². The smallest absolute Gasteiger partial charge is 0.236 e. The number of piperidine rings is 1. The van der Waals surface area contributed by atoms with Crippen LogP contribution >= 0.6 is 0 Å². The Balaban J connectivity index is 1.54. The molecular weight excluding hydrogens is 352 g/mol. The molecule has 0 bridgehead atoms. The molecule has 1 N–H and O–H groups in total. The quantitative estimate of drug-likeness (QED) is 0.828. The van der Waals surface area contributed by atoms with Crippen molar-refractivity contribution in [2.75, 3.05) is 39.0 Å². The maximum atomic E-state index is 11.9. The highest BCUT2D eigenvalue weighted by Crippen LogP contribution is 2.22. The molecule has 1 aliphatic heterocycles. The maximum Gasteiger partial charge on any atom is 0.236 e. The lowest BCUT2D eigenvalue weighted by Crippen LogP contribution is -2.41. The lowest BCUT2D eigenvalue weighted by atomic mass is 9.92. The summed E-state index contributed by atoms with van der Waals surface area (Å²) < 4.78 is 0. The van der Waals surface area contributed by atoms with E-state index in [0.29, 0.717) is 18.4 Å². The van der Waals surface area contributed by atoms with Crippen molar-refractivity contribution in [3.63, 3.8) is 0 Å². The van der Waals surface area contributed by atoms with Crippen molar-refractivity contribution in [2.45, 2.75) is 33.1 Å². The fourth-order valence-electron chi connectivity index (χ4n) is 3.54. The number of anilines is 2. The number of aryl methyl sites for hydroxylation is 2. The number of likely N-dealkylation sites (tertiary alicyclic amines) is 1. The Hall–Kier alpha value is -2.54. The number of likely N-dealkylation sites (N-methyl/N-ethyl adjacent to an activating group) is 1. The van der Waals surface area contributed by atoms with Crippen molar-refractivity contribution >= 4 is 17.7 Å². The van der Waals surface area contributed by atoms with E-state index in [2.05, 4.69) is 26.3 Å². The topological polar surface area (TPSA) is 74.2 Å². The molecule has 1 aliphatic rings. The van der Waals surface area contributed by atoms with E-state index >= 15 is 0 Å². The van der Waals surface area contributed by atoms with Crippen LogP contribution < -0.4 is 5.32 Å². The third kappa shape index (κ3) is 5.73. The first-order valence-electron chi connectivity index (χ1n) is 9.87. The fourth-order valence-corrected chi connectivity index (χ4v) is 3.54. The van der Waals surface area contributed by atoms with Crippen molar-refractivity contribution in [3.05, 3.63) is 41.3 Å². The Bertz CT molecular complexity index is 794. The minimum Gasteiger partial charge on any atom is -0.348 e. The molecule has 1 fully saturated rings. The van der Waals surface area contributed by atoms with Gasteiger partial charge in [0.2, 0.25) is 11.9 Å². The molecule has 2 aromatic heterocycles. The van der Waals surface area contributed by atoms with Crippen molar-refractivity contribution < 1.29 is 4.79 Å². The number of rotatable bonds is 6. The summed E-state index contributed by atoms with van der Waals surface area (Å²) in [6, 6.07) is 8.00. The van der Waals surface area contributed by atoms with E-state index < -0.39 is 0 Å². The van der Waals surface area contributed by atoms with Gasteiger partial charge in [-0.2, -0.15) is 0 Å². The van der Waals surface area contributed by atoms with Gasteiger partial charge in [0.1, 0.15) is 5.82 Å². The number of carbonyl (C=O) groups is 1. The van der Waals surface area contributed by atoms with Crippen LogP contribution in [0.25, 0.3) is 0 Å². The predicted octanol–water partition coefficient (Wildman–Crippen LogP) is 2.57. The maximum absolute atomic E-state index is 11.9. The van der Waals surface area contributed by atoms with Crippen LogP contribution in [0.15, 0.2) is 24.3 Å². The van der Waals surface area contributed by atoms with Crippen molar-refractivity contribution in [3.8, 4) is 0 Å². The number of aromatic nitrogens is 3. The van der Waals surface area contributed by atoms with E-state index in [4.69, 9.17) is 4.98 Å². The minimum atomic E-state index is 0.174. The van der Waals surface area contributed by atoms with Crippen LogP contribution in [-0.4, -0.2) is 64.4 Å². The van der Waals surface area contributed by atoms with Gasteiger partial charge in [-0.05, 0) is 70.3 Å². The minimum absolute atomic E-state index is 0.174. The normalized spacial score (nSPS) is 15.4. The molecule has 0 aromatic carbocycles. The molecule has 3 heterocycles. The molecule has 0 radical (unpaired) electrons. The lowest BCUT2D eigenvalue weighted by Gasteiger charge is -2.32. The number of hydrogen-bond acceptors (Lipinski definition) is 6. The monoisotopic (exact) mass is 382 g/mol. The molecular formula is C21H30N6O. The van der Waals surface area contributed by atoms with E-state index in [9.17, 15) is 4.79 Å². The Morgan fingerprint density at radius 1 is 1.14 bits per heavy atom. The summed E-state index contributed by atoms with van der Waals surface area (Å²) >= 11 is 0. The lowest BCUT2D eigenvalue weighted by molar-refractivity contribution is -0.130. The van der Waals surface area contributed by atoms with E-state index in [-0.39, 0.29) is 5.91 Å². The molecule has 150 valence electrons. The molecule has 0 aliphatic carbocycles. The zero-order valence-corrected chi connectivity index (χ0v) is 17.3. The predicted molar refractivity (Wildman–Crippen MR) is 111 cm³/mol. The van der Waals surface area contributed by atoms with Gasteiger partial charge in [0.05, 0.1) is 6.54 Å². The summed E-state index contributed by atoms with van der Waals surface area (Å²) in [7, 11) is 3.62. The summed E-state index contributed by atoms with van der Waals surface area (Å²) in [5.74, 6) is 2.14. The standard InChI is InChI=1S/C21H30N6O/c1-15-12-16(2)23-21(22-15)25-19-7-5-6-18(24-19)13-17-8-10-27(11-9-17)14-20(28)26(3)4/h5-7,12,17H,8-11,13-14H2,1-4H3,(H,22,23,24,25). The summed E-state index contributed by atoms with van der Waals surface area (Å²) in [6.45, 7) is 6.38. The van der Waals surface area contributed by atoms with Gasteiger partial charge >= 0.3 is 0 Å². The molecule has 1 saturated heterocycles. The molecule has 0 saturated carbocycles. The molecule has 2 aromatic rings. The second-order valence-corrected chi connectivity index (χ2v) is 7.83. The summed E-state index contributed by atoms with van der Waals surface area (Å²) in [4.78, 5) is 29.4. The number of carbonyl (C=O) groups excluding carboxylic acids is 1. The van der Waals surface area contributed by atoms with E-state index in [1.165, 1.54) is 0 Å². The average molecular weight is 383 g/mol. The van der Waals surface area contributed by atoms with E-state index in [1.807, 2.05) is 46.1 Å². The van der Waals surface area contributed by atoms with Gasteiger partial charge in [-0.3, -0.25) is 9.69 Å². The van der Waals surface area contributed by atoms with Gasteiger partial charge in [-0.1, -0.05) is 6.07 Å². The zero-order chi connectivity index (χ0) is 20.1. The number of pyridine rings is 1. The Kier molecular flexibility index (Phi) is 6.57. The average Bonchev–Trinajstić information content (AvgIpc) is 2.62. The SMILES string of the molecule is Cc1cc(C)nc(Nc2cccc(CC3CCN(CC(=O)N(C)C)CC3)n2)n1. The van der Waals surface area contributed by atoms with Crippen LogP contribution in [0.2, 0.25) is 0 Å². The zero-order valence-electron chi connectivity index (χ0n) is 17.3. The highest BCUT2D eigenvalue weighted by Gasteiger charge is 2.22. The first-order chi connectivity index (χ1) is 13.4. The second kappa shape index (κ2) is 9.10. The first kappa shape index (κ1) is 20.2. The van der Waals surface area contributed by atoms with E-state index in [1.54, 1.807) is 4.90 Å². The number of nitrogens with one attached hydrogen (secondary N) is 1. The van der Waals surface area contributed by atoms with Crippen LogP contribution in [-0.2, 0) is 11.2 Å². The highest BCUT2D eigenvalue weighted by atomic mass is 16.2. The molecule has 7 nitrogen and oxygen atoms in total. The van der Waals surface area contributed by atoms with Gasteiger partial charge < -0.3 is 10.2 Å². The summed E-state index contributed by atoms with van der Waals surface area (Å²) in [5, 5.41) is 3.22. The molecule has 3 rings (SSSR count). The fraction of sp³-hybridized carbons (Fsp3) is 0.524. The third-order valence-corrected chi connectivity index (χ3v) is 5.09. The van der Waals surface area contributed by atoms with Gasteiger partial charge in [-0.15, -0.1) is 0 Å². The van der Waals surface area contributed by atoms with Gasteiger partial charge in [-0.25, -0.2) is 15.0 Å². The Morgan fingerprint density at radius 2 is 1.82 bits per heavy atom. The van der Waals surface area contributed by atoms with E-state index in [0.717, 1.165) is 55.3 Å². The highest BCUT2D eigenvalue weighted by molar-refractivity contribution is 5.77. The number of nitrogens with zero attached hydrogens (tertiary/aromatic N) is 5. The summed E-state index contributed by atoms with van der Waals surface area (Å²) in [6.07, 6.45) is 3.15. The van der Waals surface area contributed by atoms with Gasteiger partial charge in [0.15, 0.2) is 0 Å². The van der Waals surface area contributed by atoms with Crippen molar-refractivity contribution in [1.82, 2.24) is 24.8 Å². The molecule has 7 heteroatoms. The number of amides is 1. The largest absolute Gasteiger partial charge is 0.348 e. The van der Waals surface area contributed by atoms with Crippen LogP contribution in [0.3, 0.4) is 0 Å². The van der Waals surface area contributed by atoms with Crippen LogP contribution in [0.5, 0.6) is 0 Å². The molecule has 0 spiro atoms.